The van der Waals surface area contributed by atoms with Crippen molar-refractivity contribution in [2.75, 3.05) is 4.90 Å². The Labute approximate surface area is 232 Å². The van der Waals surface area contributed by atoms with Gasteiger partial charge in [0.15, 0.2) is 0 Å². The number of thiazole rings is 1. The lowest BCUT2D eigenvalue weighted by Crippen LogP contribution is -2.32. The molecular weight excluding hydrogens is 540 g/mol. The minimum Gasteiger partial charge on any atom is -0.489 e. The summed E-state index contributed by atoms with van der Waals surface area (Å²) in [5, 5.41) is 0.409. The Kier molecular flexibility index (Phi) is 6.42. The summed E-state index contributed by atoms with van der Waals surface area (Å²) < 4.78 is 6.28. The maximum absolute atomic E-state index is 14.0. The summed E-state index contributed by atoms with van der Waals surface area (Å²) in [5.41, 5.74) is 4.39. The summed E-state index contributed by atoms with van der Waals surface area (Å²) in [4.78, 5) is 44.7. The number of thioether (sulfide) groups is 1. The van der Waals surface area contributed by atoms with Gasteiger partial charge in [-0.1, -0.05) is 82.2 Å². The second-order valence-electron chi connectivity index (χ2n) is 9.56. The fraction of sp³-hybridized carbons (Fsp3) is 0.207. The molecule has 3 heterocycles. The van der Waals surface area contributed by atoms with E-state index in [-0.39, 0.29) is 16.7 Å². The second kappa shape index (κ2) is 9.76. The number of carbonyl (C=O) groups excluding carboxylic acids is 2. The topological polar surface area (TPSA) is 79.5 Å². The predicted molar refractivity (Wildman–Crippen MR) is 151 cm³/mol. The predicted octanol–water partition coefficient (Wildman–Crippen LogP) is 6.08. The van der Waals surface area contributed by atoms with Crippen molar-refractivity contribution in [1.82, 2.24) is 4.98 Å². The number of hydrogen-bond donors (Lipinski definition) is 1. The zero-order valence-electron chi connectivity index (χ0n) is 20.6. The van der Waals surface area contributed by atoms with Gasteiger partial charge in [-0.05, 0) is 49.7 Å². The molecule has 6 nitrogen and oxygen atoms in total. The van der Waals surface area contributed by atoms with Crippen LogP contribution in [0.3, 0.4) is 0 Å². The van der Waals surface area contributed by atoms with Crippen LogP contribution in [0, 0.1) is 19.8 Å². The van der Waals surface area contributed by atoms with E-state index in [9.17, 15) is 14.4 Å². The van der Waals surface area contributed by atoms with E-state index in [4.69, 9.17) is 16.3 Å². The first-order valence-corrected chi connectivity index (χ1v) is 14.2. The van der Waals surface area contributed by atoms with E-state index in [1.807, 2.05) is 44.2 Å². The summed E-state index contributed by atoms with van der Waals surface area (Å²) in [5.74, 6) is -1.31. The number of amides is 2. The quantitative estimate of drug-likeness (QED) is 0.298. The number of ether oxygens (including phenoxy) is 1. The Balaban J connectivity index is 1.45. The molecule has 0 bridgehead atoms. The van der Waals surface area contributed by atoms with Crippen LogP contribution >= 0.6 is 34.7 Å². The lowest BCUT2D eigenvalue weighted by molar-refractivity contribution is -0.122. The van der Waals surface area contributed by atoms with Crippen molar-refractivity contribution in [3.63, 3.8) is 0 Å². The third-order valence-corrected chi connectivity index (χ3v) is 9.54. The van der Waals surface area contributed by atoms with E-state index < -0.39 is 17.1 Å². The number of benzene rings is 3. The molecule has 2 amide bonds. The molecule has 192 valence electrons. The lowest BCUT2D eigenvalue weighted by atomic mass is 9.82. The van der Waals surface area contributed by atoms with Gasteiger partial charge < -0.3 is 9.72 Å². The number of imide groups is 1. The number of carbonyl (C=O) groups is 2. The molecule has 4 aromatic rings. The van der Waals surface area contributed by atoms with Gasteiger partial charge in [0.05, 0.1) is 16.6 Å². The molecule has 0 saturated carbocycles. The third-order valence-electron chi connectivity index (χ3n) is 6.90. The highest BCUT2D eigenvalue weighted by Crippen LogP contribution is 2.54. The Hall–Kier alpha value is -3.33. The summed E-state index contributed by atoms with van der Waals surface area (Å²) in [6.07, 6.45) is 0. The Morgan fingerprint density at radius 3 is 2.50 bits per heavy atom. The van der Waals surface area contributed by atoms with Crippen LogP contribution in [0.25, 0.3) is 0 Å². The number of fused-ring (bicyclic) bond motifs is 2. The highest BCUT2D eigenvalue weighted by molar-refractivity contribution is 8.00. The van der Waals surface area contributed by atoms with E-state index in [1.165, 1.54) is 16.7 Å². The van der Waals surface area contributed by atoms with E-state index in [2.05, 4.69) is 11.1 Å². The first-order chi connectivity index (χ1) is 18.3. The smallest absolute Gasteiger partial charge is 0.305 e. The number of aryl methyl sites for hydroxylation is 2. The molecule has 0 unspecified atom stereocenters. The van der Waals surface area contributed by atoms with Gasteiger partial charge in [-0.2, -0.15) is 0 Å². The number of nitrogens with one attached hydrogen (secondary N) is 1. The van der Waals surface area contributed by atoms with Crippen molar-refractivity contribution in [2.24, 2.45) is 5.92 Å². The fourth-order valence-corrected chi connectivity index (χ4v) is 7.84. The van der Waals surface area contributed by atoms with Gasteiger partial charge in [0.2, 0.25) is 11.8 Å². The molecule has 6 rings (SSSR count). The largest absolute Gasteiger partial charge is 0.489 e. The van der Waals surface area contributed by atoms with E-state index in [1.54, 1.807) is 30.3 Å². The van der Waals surface area contributed by atoms with E-state index in [0.29, 0.717) is 33.7 Å². The van der Waals surface area contributed by atoms with Crippen molar-refractivity contribution in [3.05, 3.63) is 109 Å². The van der Waals surface area contributed by atoms with Crippen LogP contribution in [0.1, 0.15) is 33.0 Å². The maximum atomic E-state index is 14.0. The molecule has 9 heteroatoms. The summed E-state index contributed by atoms with van der Waals surface area (Å²) >= 11 is 8.78. The van der Waals surface area contributed by atoms with Crippen molar-refractivity contribution in [1.29, 1.82) is 0 Å². The molecule has 1 aromatic heterocycles. The normalized spacial score (nSPS) is 20.4. The van der Waals surface area contributed by atoms with Gasteiger partial charge in [-0.25, -0.2) is 4.90 Å². The van der Waals surface area contributed by atoms with Crippen LogP contribution in [-0.2, 0) is 16.2 Å². The van der Waals surface area contributed by atoms with Crippen molar-refractivity contribution in [2.45, 2.75) is 36.6 Å². The summed E-state index contributed by atoms with van der Waals surface area (Å²) in [6, 6.07) is 20.7. The molecule has 0 radical (unpaired) electrons. The molecule has 1 fully saturated rings. The Morgan fingerprint density at radius 2 is 1.74 bits per heavy atom. The molecule has 3 aromatic carbocycles. The Bertz CT molecular complexity index is 1630. The molecular formula is C29H23ClN2O4S2. The maximum Gasteiger partial charge on any atom is 0.305 e. The molecule has 2 aliphatic rings. The molecule has 1 N–H and O–H groups in total. The van der Waals surface area contributed by atoms with Crippen LogP contribution in [-0.4, -0.2) is 22.0 Å². The molecule has 0 aliphatic carbocycles. The molecule has 1 saturated heterocycles. The number of halogens is 1. The number of aromatic nitrogens is 1. The molecule has 3 atom stereocenters. The van der Waals surface area contributed by atoms with Gasteiger partial charge in [0, 0.05) is 21.4 Å². The third kappa shape index (κ3) is 4.36. The number of rotatable bonds is 5. The average molecular weight is 563 g/mol. The van der Waals surface area contributed by atoms with Crippen LogP contribution in [0.4, 0.5) is 5.69 Å². The lowest BCUT2D eigenvalue weighted by Gasteiger charge is -2.31. The summed E-state index contributed by atoms with van der Waals surface area (Å²) in [7, 11) is 0. The first-order valence-electron chi connectivity index (χ1n) is 12.1. The number of anilines is 1. The zero-order chi connectivity index (χ0) is 26.6. The average Bonchev–Trinajstić information content (AvgIpc) is 3.38. The molecule has 0 spiro atoms. The second-order valence-corrected chi connectivity index (χ2v) is 12.2. The number of nitrogens with zero attached hydrogens (tertiary/aromatic N) is 1. The van der Waals surface area contributed by atoms with Gasteiger partial charge in [0.1, 0.15) is 17.6 Å². The fourth-order valence-electron chi connectivity index (χ4n) is 5.16. The number of hydrogen-bond acceptors (Lipinski definition) is 6. The van der Waals surface area contributed by atoms with Crippen LogP contribution in [0.2, 0.25) is 5.02 Å². The van der Waals surface area contributed by atoms with Crippen molar-refractivity contribution < 1.29 is 14.3 Å². The van der Waals surface area contributed by atoms with Crippen LogP contribution in [0.5, 0.6) is 5.75 Å². The SMILES string of the molecule is Cc1ccc(N2C(=O)[C@H]3[C@H](c4cc(Cl)ccc4OCc4cccc(C)c4)c4sc(=O)[nH]c4S[C@H]3C2=O)cc1. The van der Waals surface area contributed by atoms with Gasteiger partial charge >= 0.3 is 4.87 Å². The van der Waals surface area contributed by atoms with Crippen molar-refractivity contribution in [3.8, 4) is 5.75 Å². The minimum absolute atomic E-state index is 0.230. The minimum atomic E-state index is -0.715. The van der Waals surface area contributed by atoms with Gasteiger partial charge in [-0.15, -0.1) is 0 Å². The number of aromatic amines is 1. The standard InChI is InChI=1S/C29H23ClN2O4S2/c1-15-6-9-19(10-7-15)32-27(33)23-22(24-26(31-29(35)38-24)37-25(23)28(32)34)20-13-18(30)8-11-21(20)36-14-17-5-3-4-16(2)12-17/h3-13,22-23,25H,14H2,1-2H3,(H,31,35)/t22-,23-,25+/m0/s1. The number of H-pyrrole nitrogens is 1. The highest BCUT2D eigenvalue weighted by Gasteiger charge is 2.56. The molecule has 2 aliphatic heterocycles. The van der Waals surface area contributed by atoms with E-state index >= 15 is 0 Å². The van der Waals surface area contributed by atoms with Gasteiger partial charge in [0.25, 0.3) is 0 Å². The van der Waals surface area contributed by atoms with Crippen molar-refractivity contribution >= 4 is 52.2 Å². The molecule has 38 heavy (non-hydrogen) atoms. The highest BCUT2D eigenvalue weighted by atomic mass is 35.5. The zero-order valence-corrected chi connectivity index (χ0v) is 23.0. The van der Waals surface area contributed by atoms with E-state index in [0.717, 1.165) is 32.9 Å². The van der Waals surface area contributed by atoms with Crippen LogP contribution < -0.4 is 14.5 Å². The van der Waals surface area contributed by atoms with Crippen LogP contribution in [0.15, 0.2) is 76.6 Å². The summed E-state index contributed by atoms with van der Waals surface area (Å²) in [6.45, 7) is 4.30. The Morgan fingerprint density at radius 1 is 0.947 bits per heavy atom. The first kappa shape index (κ1) is 25.0. The monoisotopic (exact) mass is 562 g/mol. The van der Waals surface area contributed by atoms with Gasteiger partial charge in [-0.3, -0.25) is 14.4 Å².